The van der Waals surface area contributed by atoms with Crippen LogP contribution >= 0.6 is 0 Å². The molecule has 10 heteroatoms. The standard InChI is InChI=1S/C21H22FN5O3S/c1-15-12-16(22)2-7-20(15)31(28,29)26-18-5-3-17(4-6-18)24-21-13-19(14-23-25-21)27-8-10-30-11-9-27/h2-7,12-14,26H,8-11H2,1H3,(H,24,25). The smallest absolute Gasteiger partial charge is 0.262 e. The van der Waals surface area contributed by atoms with E-state index >= 15 is 0 Å². The lowest BCUT2D eigenvalue weighted by atomic mass is 10.2. The summed E-state index contributed by atoms with van der Waals surface area (Å²) < 4.78 is 46.4. The number of sulfonamides is 1. The second kappa shape index (κ2) is 8.86. The van der Waals surface area contributed by atoms with Crippen LogP contribution in [0, 0.1) is 12.7 Å². The molecule has 0 saturated carbocycles. The van der Waals surface area contributed by atoms with Crippen LogP contribution < -0.4 is 14.9 Å². The van der Waals surface area contributed by atoms with Gasteiger partial charge in [-0.15, -0.1) is 5.10 Å². The van der Waals surface area contributed by atoms with Crippen molar-refractivity contribution in [1.29, 1.82) is 0 Å². The zero-order valence-electron chi connectivity index (χ0n) is 16.9. The van der Waals surface area contributed by atoms with Gasteiger partial charge in [-0.25, -0.2) is 12.8 Å². The maximum absolute atomic E-state index is 13.3. The Morgan fingerprint density at radius 2 is 1.74 bits per heavy atom. The fourth-order valence-corrected chi connectivity index (χ4v) is 4.59. The van der Waals surface area contributed by atoms with Crippen molar-refractivity contribution < 1.29 is 17.5 Å². The number of halogens is 1. The number of hydrogen-bond acceptors (Lipinski definition) is 7. The molecule has 0 atom stereocenters. The molecule has 1 aliphatic rings. The summed E-state index contributed by atoms with van der Waals surface area (Å²) >= 11 is 0. The first kappa shape index (κ1) is 21.0. The molecule has 0 bridgehead atoms. The number of aromatic nitrogens is 2. The van der Waals surface area contributed by atoms with Crippen LogP contribution in [0.25, 0.3) is 0 Å². The molecule has 0 radical (unpaired) electrons. The van der Waals surface area contributed by atoms with Crippen LogP contribution in [0.3, 0.4) is 0 Å². The van der Waals surface area contributed by atoms with Gasteiger partial charge in [-0.05, 0) is 55.0 Å². The molecule has 2 aromatic carbocycles. The van der Waals surface area contributed by atoms with E-state index in [0.717, 1.165) is 30.5 Å². The predicted molar refractivity (Wildman–Crippen MR) is 117 cm³/mol. The van der Waals surface area contributed by atoms with Crippen LogP contribution in [0.2, 0.25) is 0 Å². The SMILES string of the molecule is Cc1cc(F)ccc1S(=O)(=O)Nc1ccc(Nc2cc(N3CCOCC3)cnn2)cc1. The molecule has 3 aromatic rings. The minimum atomic E-state index is -3.83. The number of nitrogens with zero attached hydrogens (tertiary/aromatic N) is 3. The van der Waals surface area contributed by atoms with E-state index in [1.807, 2.05) is 6.07 Å². The van der Waals surface area contributed by atoms with E-state index in [9.17, 15) is 12.8 Å². The fourth-order valence-electron chi connectivity index (χ4n) is 3.31. The Morgan fingerprint density at radius 3 is 2.45 bits per heavy atom. The van der Waals surface area contributed by atoms with Crippen molar-refractivity contribution in [3.8, 4) is 0 Å². The summed E-state index contributed by atoms with van der Waals surface area (Å²) in [4.78, 5) is 2.21. The van der Waals surface area contributed by atoms with Crippen LogP contribution in [-0.4, -0.2) is 44.9 Å². The van der Waals surface area contributed by atoms with E-state index < -0.39 is 15.8 Å². The molecule has 0 unspecified atom stereocenters. The first-order chi connectivity index (χ1) is 14.9. The molecule has 1 saturated heterocycles. The largest absolute Gasteiger partial charge is 0.378 e. The average molecular weight is 444 g/mol. The van der Waals surface area contributed by atoms with Crippen molar-refractivity contribution in [3.63, 3.8) is 0 Å². The Morgan fingerprint density at radius 1 is 1.03 bits per heavy atom. The molecule has 0 aliphatic carbocycles. The van der Waals surface area contributed by atoms with Gasteiger partial charge in [0.2, 0.25) is 0 Å². The molecule has 31 heavy (non-hydrogen) atoms. The molecular weight excluding hydrogens is 421 g/mol. The Balaban J connectivity index is 1.45. The summed E-state index contributed by atoms with van der Waals surface area (Å²) in [5, 5.41) is 11.3. The lowest BCUT2D eigenvalue weighted by molar-refractivity contribution is 0.122. The van der Waals surface area contributed by atoms with E-state index in [4.69, 9.17) is 4.74 Å². The number of morpholine rings is 1. The zero-order valence-corrected chi connectivity index (χ0v) is 17.7. The number of aryl methyl sites for hydroxylation is 1. The third kappa shape index (κ3) is 5.09. The van der Waals surface area contributed by atoms with Gasteiger partial charge in [0.1, 0.15) is 5.82 Å². The lowest BCUT2D eigenvalue weighted by Gasteiger charge is -2.28. The van der Waals surface area contributed by atoms with E-state index in [1.54, 1.807) is 37.4 Å². The monoisotopic (exact) mass is 443 g/mol. The van der Waals surface area contributed by atoms with Crippen LogP contribution in [0.4, 0.5) is 27.3 Å². The van der Waals surface area contributed by atoms with Crippen LogP contribution in [0.5, 0.6) is 0 Å². The zero-order chi connectivity index (χ0) is 21.8. The highest BCUT2D eigenvalue weighted by atomic mass is 32.2. The molecule has 2 heterocycles. The van der Waals surface area contributed by atoms with Gasteiger partial charge in [-0.3, -0.25) is 4.72 Å². The second-order valence-corrected chi connectivity index (χ2v) is 8.77. The van der Waals surface area contributed by atoms with Crippen molar-refractivity contribution in [2.45, 2.75) is 11.8 Å². The summed E-state index contributed by atoms with van der Waals surface area (Å²) in [6, 6.07) is 12.2. The summed E-state index contributed by atoms with van der Waals surface area (Å²) in [7, 11) is -3.83. The number of hydrogen-bond donors (Lipinski definition) is 2. The first-order valence-corrected chi connectivity index (χ1v) is 11.2. The Labute approximate surface area is 180 Å². The minimum Gasteiger partial charge on any atom is -0.378 e. The van der Waals surface area contributed by atoms with Gasteiger partial charge >= 0.3 is 0 Å². The van der Waals surface area contributed by atoms with Crippen molar-refractivity contribution in [2.75, 3.05) is 41.2 Å². The van der Waals surface area contributed by atoms with Gasteiger partial charge in [-0.1, -0.05) is 0 Å². The molecule has 8 nitrogen and oxygen atoms in total. The maximum atomic E-state index is 13.3. The molecule has 1 aromatic heterocycles. The fraction of sp³-hybridized carbons (Fsp3) is 0.238. The topological polar surface area (TPSA) is 96.5 Å². The van der Waals surface area contributed by atoms with Gasteiger partial charge in [0.05, 0.1) is 30.0 Å². The summed E-state index contributed by atoms with van der Waals surface area (Å²) in [6.07, 6.45) is 1.71. The molecule has 1 aliphatic heterocycles. The molecule has 4 rings (SSSR count). The highest BCUT2D eigenvalue weighted by molar-refractivity contribution is 7.92. The minimum absolute atomic E-state index is 0.0336. The van der Waals surface area contributed by atoms with Gasteiger partial charge in [0.25, 0.3) is 10.0 Å². The highest BCUT2D eigenvalue weighted by Crippen LogP contribution is 2.24. The van der Waals surface area contributed by atoms with Crippen LogP contribution in [-0.2, 0) is 14.8 Å². The number of nitrogens with one attached hydrogen (secondary N) is 2. The maximum Gasteiger partial charge on any atom is 0.262 e. The van der Waals surface area contributed by atoms with Gasteiger partial charge in [0.15, 0.2) is 5.82 Å². The molecule has 2 N–H and O–H groups in total. The quantitative estimate of drug-likeness (QED) is 0.603. The van der Waals surface area contributed by atoms with Crippen molar-refractivity contribution >= 4 is 32.9 Å². The number of ether oxygens (including phenoxy) is 1. The van der Waals surface area contributed by atoms with E-state index in [2.05, 4.69) is 25.1 Å². The van der Waals surface area contributed by atoms with E-state index in [0.29, 0.717) is 30.3 Å². The Kier molecular flexibility index (Phi) is 6.01. The van der Waals surface area contributed by atoms with Crippen LogP contribution in [0.15, 0.2) is 59.6 Å². The number of anilines is 4. The molecule has 0 spiro atoms. The van der Waals surface area contributed by atoms with E-state index in [1.165, 1.54) is 12.1 Å². The first-order valence-electron chi connectivity index (χ1n) is 9.72. The molecule has 1 fully saturated rings. The van der Waals surface area contributed by atoms with Gasteiger partial charge in [-0.2, -0.15) is 5.10 Å². The Hall–Kier alpha value is -3.24. The highest BCUT2D eigenvalue weighted by Gasteiger charge is 2.17. The molecular formula is C21H22FN5O3S. The summed E-state index contributed by atoms with van der Waals surface area (Å²) in [6.45, 7) is 4.51. The molecule has 0 amide bonds. The number of rotatable bonds is 6. The Bertz CT molecular complexity index is 1170. The van der Waals surface area contributed by atoms with Crippen molar-refractivity contribution in [1.82, 2.24) is 10.2 Å². The van der Waals surface area contributed by atoms with Gasteiger partial charge in [0, 0.05) is 30.5 Å². The second-order valence-electron chi connectivity index (χ2n) is 7.12. The average Bonchev–Trinajstić information content (AvgIpc) is 2.75. The molecule has 162 valence electrons. The van der Waals surface area contributed by atoms with Crippen LogP contribution in [0.1, 0.15) is 5.56 Å². The van der Waals surface area contributed by atoms with Crippen molar-refractivity contribution in [3.05, 3.63) is 66.1 Å². The summed E-state index contributed by atoms with van der Waals surface area (Å²) in [5.41, 5.74) is 2.42. The predicted octanol–water partition coefficient (Wildman–Crippen LogP) is 3.31. The third-order valence-corrected chi connectivity index (χ3v) is 6.39. The normalized spacial score (nSPS) is 14.3. The lowest BCUT2D eigenvalue weighted by Crippen LogP contribution is -2.36. The summed E-state index contributed by atoms with van der Waals surface area (Å²) in [5.74, 6) is 0.104. The number of benzene rings is 2. The van der Waals surface area contributed by atoms with Crippen molar-refractivity contribution in [2.24, 2.45) is 0 Å². The third-order valence-electron chi connectivity index (χ3n) is 4.85. The van der Waals surface area contributed by atoms with Gasteiger partial charge < -0.3 is 15.0 Å². The van der Waals surface area contributed by atoms with E-state index in [-0.39, 0.29) is 4.90 Å².